The van der Waals surface area contributed by atoms with Gasteiger partial charge in [-0.3, -0.25) is 4.55 Å². The van der Waals surface area contributed by atoms with Crippen LogP contribution in [0.5, 0.6) is 0 Å². The Bertz CT molecular complexity index is 1040. The minimum absolute atomic E-state index is 0.225. The van der Waals surface area contributed by atoms with Gasteiger partial charge in [-0.15, -0.1) is 0 Å². The molecular formula is C18H17N3O3S. The van der Waals surface area contributed by atoms with Crippen LogP contribution >= 0.6 is 0 Å². The maximum Gasteiger partial charge on any atom is 0.295 e. The van der Waals surface area contributed by atoms with E-state index in [1.807, 2.05) is 43.5 Å². The van der Waals surface area contributed by atoms with Gasteiger partial charge in [-0.2, -0.15) is 13.5 Å². The van der Waals surface area contributed by atoms with Gasteiger partial charge in [-0.25, -0.2) is 4.68 Å². The van der Waals surface area contributed by atoms with Crippen molar-refractivity contribution in [3.8, 4) is 5.69 Å². The second kappa shape index (κ2) is 6.54. The monoisotopic (exact) mass is 355 g/mol. The summed E-state index contributed by atoms with van der Waals surface area (Å²) in [5, 5.41) is 4.46. The molecule has 0 amide bonds. The molecule has 0 fully saturated rings. The van der Waals surface area contributed by atoms with Crippen molar-refractivity contribution in [1.29, 1.82) is 0 Å². The highest BCUT2D eigenvalue weighted by molar-refractivity contribution is 7.86. The Hall–Kier alpha value is -2.90. The van der Waals surface area contributed by atoms with Crippen LogP contribution in [0, 0.1) is 6.92 Å². The summed E-state index contributed by atoms with van der Waals surface area (Å²) in [6.45, 7) is 1.87. The van der Waals surface area contributed by atoms with Crippen molar-refractivity contribution in [1.82, 2.24) is 9.78 Å². The Balaban J connectivity index is 1.98. The fourth-order valence-electron chi connectivity index (χ4n) is 2.44. The molecule has 1 aromatic heterocycles. The molecule has 7 heteroatoms. The van der Waals surface area contributed by atoms with Crippen LogP contribution in [-0.4, -0.2) is 22.8 Å². The van der Waals surface area contributed by atoms with Gasteiger partial charge in [-0.1, -0.05) is 36.4 Å². The van der Waals surface area contributed by atoms with Crippen LogP contribution in [0.25, 0.3) is 17.8 Å². The number of hydrogen-bond donors (Lipinski definition) is 2. The Morgan fingerprint density at radius 1 is 1.08 bits per heavy atom. The summed E-state index contributed by atoms with van der Waals surface area (Å²) in [5.41, 5.74) is 8.78. The van der Waals surface area contributed by atoms with E-state index >= 15 is 0 Å². The van der Waals surface area contributed by atoms with Gasteiger partial charge in [-0.05, 0) is 36.8 Å². The van der Waals surface area contributed by atoms with Crippen LogP contribution in [0.4, 0.5) is 5.69 Å². The second-order valence-corrected chi connectivity index (χ2v) is 6.95. The number of para-hydroxylation sites is 1. The van der Waals surface area contributed by atoms with Gasteiger partial charge in [0.1, 0.15) is 4.90 Å². The first-order valence-corrected chi connectivity index (χ1v) is 8.95. The molecule has 3 aromatic rings. The van der Waals surface area contributed by atoms with Gasteiger partial charge in [0.25, 0.3) is 10.1 Å². The fourth-order valence-corrected chi connectivity index (χ4v) is 3.16. The molecule has 128 valence electrons. The Morgan fingerprint density at radius 2 is 1.76 bits per heavy atom. The van der Waals surface area contributed by atoms with Crippen LogP contribution < -0.4 is 5.73 Å². The molecule has 0 aliphatic heterocycles. The normalized spacial score (nSPS) is 11.9. The van der Waals surface area contributed by atoms with Crippen LogP contribution in [0.2, 0.25) is 0 Å². The van der Waals surface area contributed by atoms with E-state index in [1.165, 1.54) is 6.07 Å². The summed E-state index contributed by atoms with van der Waals surface area (Å²) in [6, 6.07) is 14.0. The molecule has 0 saturated carbocycles. The number of rotatable bonds is 4. The van der Waals surface area contributed by atoms with E-state index in [2.05, 4.69) is 5.10 Å². The summed E-state index contributed by atoms with van der Waals surface area (Å²) in [4.78, 5) is -0.225. The van der Waals surface area contributed by atoms with Gasteiger partial charge in [0, 0.05) is 17.4 Å². The van der Waals surface area contributed by atoms with E-state index in [9.17, 15) is 13.0 Å². The van der Waals surface area contributed by atoms with E-state index in [4.69, 9.17) is 5.73 Å². The molecule has 6 nitrogen and oxygen atoms in total. The van der Waals surface area contributed by atoms with E-state index in [1.54, 1.807) is 29.0 Å². The summed E-state index contributed by atoms with van der Waals surface area (Å²) in [5.74, 6) is 0. The predicted molar refractivity (Wildman–Crippen MR) is 97.9 cm³/mol. The summed E-state index contributed by atoms with van der Waals surface area (Å²) >= 11 is 0. The highest BCUT2D eigenvalue weighted by Crippen LogP contribution is 2.22. The van der Waals surface area contributed by atoms with Gasteiger partial charge in [0.2, 0.25) is 0 Å². The number of hydrogen-bond acceptors (Lipinski definition) is 4. The standard InChI is InChI=1S/C18H17N3O3S/c1-13-15(12-21(20-13)17-5-3-2-4-6-17)8-7-14-9-10-16(19)11-18(14)25(22,23)24/h2-12H,19H2,1H3,(H,22,23,24)/b8-7+. The molecule has 0 radical (unpaired) electrons. The van der Waals surface area contributed by atoms with Crippen molar-refractivity contribution in [2.24, 2.45) is 0 Å². The highest BCUT2D eigenvalue weighted by Gasteiger charge is 2.14. The quantitative estimate of drug-likeness (QED) is 0.553. The lowest BCUT2D eigenvalue weighted by atomic mass is 10.1. The molecule has 0 saturated heterocycles. The van der Waals surface area contributed by atoms with E-state index in [-0.39, 0.29) is 10.6 Å². The molecule has 0 aliphatic carbocycles. The zero-order valence-electron chi connectivity index (χ0n) is 13.5. The largest absolute Gasteiger partial charge is 0.399 e. The average Bonchev–Trinajstić information content (AvgIpc) is 2.95. The van der Waals surface area contributed by atoms with Crippen molar-refractivity contribution in [2.75, 3.05) is 5.73 Å². The first kappa shape index (κ1) is 16.9. The van der Waals surface area contributed by atoms with Crippen LogP contribution in [0.15, 0.2) is 59.6 Å². The molecule has 2 aromatic carbocycles. The average molecular weight is 355 g/mol. The Morgan fingerprint density at radius 3 is 2.44 bits per heavy atom. The highest BCUT2D eigenvalue weighted by atomic mass is 32.2. The predicted octanol–water partition coefficient (Wildman–Crippen LogP) is 3.18. The molecule has 1 heterocycles. The Kier molecular flexibility index (Phi) is 4.43. The topological polar surface area (TPSA) is 98.2 Å². The molecule has 0 bridgehead atoms. The van der Waals surface area contributed by atoms with Crippen molar-refractivity contribution in [3.05, 3.63) is 71.5 Å². The molecule has 0 atom stereocenters. The maximum atomic E-state index is 11.5. The number of aryl methyl sites for hydroxylation is 1. The number of nitrogen functional groups attached to an aromatic ring is 1. The zero-order valence-corrected chi connectivity index (χ0v) is 14.3. The van der Waals surface area contributed by atoms with Crippen molar-refractivity contribution >= 4 is 28.0 Å². The minimum atomic E-state index is -4.36. The molecule has 0 spiro atoms. The van der Waals surface area contributed by atoms with E-state index in [0.717, 1.165) is 16.9 Å². The van der Waals surface area contributed by atoms with Gasteiger partial charge < -0.3 is 5.73 Å². The smallest absolute Gasteiger partial charge is 0.295 e. The summed E-state index contributed by atoms with van der Waals surface area (Å²) in [6.07, 6.45) is 5.22. The van der Waals surface area contributed by atoms with Crippen molar-refractivity contribution in [3.63, 3.8) is 0 Å². The van der Waals surface area contributed by atoms with Crippen molar-refractivity contribution in [2.45, 2.75) is 11.8 Å². The lowest BCUT2D eigenvalue weighted by Gasteiger charge is -2.04. The van der Waals surface area contributed by atoms with Crippen molar-refractivity contribution < 1.29 is 13.0 Å². The Labute approximate surface area is 146 Å². The van der Waals surface area contributed by atoms with Crippen LogP contribution in [0.1, 0.15) is 16.8 Å². The van der Waals surface area contributed by atoms with E-state index < -0.39 is 10.1 Å². The third-order valence-electron chi connectivity index (χ3n) is 3.72. The molecule has 3 N–H and O–H groups in total. The van der Waals surface area contributed by atoms with Crippen LogP contribution in [-0.2, 0) is 10.1 Å². The van der Waals surface area contributed by atoms with E-state index in [0.29, 0.717) is 5.56 Å². The third kappa shape index (κ3) is 3.78. The zero-order chi connectivity index (χ0) is 18.0. The molecule has 0 unspecified atom stereocenters. The first-order chi connectivity index (χ1) is 11.8. The first-order valence-electron chi connectivity index (χ1n) is 7.51. The fraction of sp³-hybridized carbons (Fsp3) is 0.0556. The number of nitrogens with zero attached hydrogens (tertiary/aromatic N) is 2. The lowest BCUT2D eigenvalue weighted by Crippen LogP contribution is -2.02. The molecule has 25 heavy (non-hydrogen) atoms. The number of aromatic nitrogens is 2. The van der Waals surface area contributed by atoms with Gasteiger partial charge in [0.05, 0.1) is 11.4 Å². The minimum Gasteiger partial charge on any atom is -0.399 e. The lowest BCUT2D eigenvalue weighted by molar-refractivity contribution is 0.483. The summed E-state index contributed by atoms with van der Waals surface area (Å²) in [7, 11) is -4.36. The number of benzene rings is 2. The summed E-state index contributed by atoms with van der Waals surface area (Å²) < 4.78 is 34.2. The van der Waals surface area contributed by atoms with Crippen LogP contribution in [0.3, 0.4) is 0 Å². The second-order valence-electron chi connectivity index (χ2n) is 5.56. The third-order valence-corrected chi connectivity index (χ3v) is 4.62. The molecule has 3 rings (SSSR count). The maximum absolute atomic E-state index is 11.5. The molecular weight excluding hydrogens is 338 g/mol. The SMILES string of the molecule is Cc1nn(-c2ccccc2)cc1/C=C/c1ccc(N)cc1S(=O)(=O)O. The number of anilines is 1. The number of nitrogens with two attached hydrogens (primary N) is 1. The van der Waals surface area contributed by atoms with Gasteiger partial charge >= 0.3 is 0 Å². The van der Waals surface area contributed by atoms with Gasteiger partial charge in [0.15, 0.2) is 0 Å². The molecule has 0 aliphatic rings.